The molecule has 0 aliphatic heterocycles. The topological polar surface area (TPSA) is 59.1 Å². The van der Waals surface area contributed by atoms with Crippen LogP contribution >= 0.6 is 0 Å². The monoisotopic (exact) mass is 370 g/mol. The van der Waals surface area contributed by atoms with E-state index in [2.05, 4.69) is 39.9 Å². The van der Waals surface area contributed by atoms with Crippen molar-refractivity contribution in [1.29, 1.82) is 0 Å². The summed E-state index contributed by atoms with van der Waals surface area (Å²) in [5.41, 5.74) is 4.27. The molecule has 28 heavy (non-hydrogen) atoms. The highest BCUT2D eigenvalue weighted by atomic mass is 16.5. The number of nitrogens with one attached hydrogen (secondary N) is 2. The minimum absolute atomic E-state index is 0.660. The van der Waals surface area contributed by atoms with E-state index in [1.165, 1.54) is 0 Å². The SMILES string of the molecule is COc1ccccc1CNc1ccc2cc(NCc3cccnc3)ccc2n1. The molecule has 0 spiro atoms. The van der Waals surface area contributed by atoms with Gasteiger partial charge in [-0.05, 0) is 48.0 Å². The zero-order valence-electron chi connectivity index (χ0n) is 15.7. The van der Waals surface area contributed by atoms with E-state index in [0.717, 1.165) is 45.8 Å². The zero-order chi connectivity index (χ0) is 19.2. The van der Waals surface area contributed by atoms with Gasteiger partial charge in [0, 0.05) is 42.1 Å². The summed E-state index contributed by atoms with van der Waals surface area (Å²) in [5.74, 6) is 1.72. The molecule has 0 fully saturated rings. The number of methoxy groups -OCH3 is 1. The maximum Gasteiger partial charge on any atom is 0.126 e. The van der Waals surface area contributed by atoms with Crippen molar-refractivity contribution >= 4 is 22.4 Å². The van der Waals surface area contributed by atoms with Crippen LogP contribution in [0.4, 0.5) is 11.5 Å². The maximum atomic E-state index is 5.40. The number of rotatable bonds is 7. The van der Waals surface area contributed by atoms with Crippen LogP contribution in [0, 0.1) is 0 Å². The van der Waals surface area contributed by atoms with E-state index in [9.17, 15) is 0 Å². The van der Waals surface area contributed by atoms with E-state index >= 15 is 0 Å². The molecule has 0 saturated heterocycles. The number of ether oxygens (including phenoxy) is 1. The molecule has 0 saturated carbocycles. The number of para-hydroxylation sites is 1. The lowest BCUT2D eigenvalue weighted by Gasteiger charge is -2.11. The average Bonchev–Trinajstić information content (AvgIpc) is 2.77. The maximum absolute atomic E-state index is 5.40. The van der Waals surface area contributed by atoms with Crippen molar-refractivity contribution in [3.8, 4) is 5.75 Å². The fourth-order valence-corrected chi connectivity index (χ4v) is 3.08. The highest BCUT2D eigenvalue weighted by Gasteiger charge is 2.04. The number of hydrogen-bond acceptors (Lipinski definition) is 5. The van der Waals surface area contributed by atoms with Gasteiger partial charge >= 0.3 is 0 Å². The average molecular weight is 370 g/mol. The molecular formula is C23H22N4O. The molecule has 0 radical (unpaired) electrons. The summed E-state index contributed by atoms with van der Waals surface area (Å²) in [6.07, 6.45) is 3.65. The number of fused-ring (bicyclic) bond motifs is 1. The Kier molecular flexibility index (Phi) is 5.33. The molecule has 0 aliphatic rings. The molecule has 2 N–H and O–H groups in total. The molecule has 5 heteroatoms. The standard InChI is InChI=1S/C23H22N4O/c1-28-22-7-3-2-6-19(22)16-26-23-11-8-18-13-20(9-10-21(18)27-23)25-15-17-5-4-12-24-14-17/h2-14,25H,15-16H2,1H3,(H,26,27). The number of nitrogens with zero attached hydrogens (tertiary/aromatic N) is 2. The minimum atomic E-state index is 0.660. The van der Waals surface area contributed by atoms with E-state index < -0.39 is 0 Å². The van der Waals surface area contributed by atoms with Crippen LogP contribution in [0.1, 0.15) is 11.1 Å². The third kappa shape index (κ3) is 4.20. The molecule has 5 nitrogen and oxygen atoms in total. The van der Waals surface area contributed by atoms with Gasteiger partial charge < -0.3 is 15.4 Å². The Morgan fingerprint density at radius 3 is 2.68 bits per heavy atom. The summed E-state index contributed by atoms with van der Waals surface area (Å²) in [6, 6.07) is 22.3. The first-order valence-electron chi connectivity index (χ1n) is 9.21. The van der Waals surface area contributed by atoms with Gasteiger partial charge in [0.15, 0.2) is 0 Å². The largest absolute Gasteiger partial charge is 0.496 e. The second kappa shape index (κ2) is 8.39. The molecule has 0 atom stereocenters. The Bertz CT molecular complexity index is 1070. The van der Waals surface area contributed by atoms with Crippen molar-refractivity contribution in [3.05, 3.63) is 90.3 Å². The van der Waals surface area contributed by atoms with Crippen molar-refractivity contribution in [2.75, 3.05) is 17.7 Å². The van der Waals surface area contributed by atoms with E-state index in [1.54, 1.807) is 13.3 Å². The fourth-order valence-electron chi connectivity index (χ4n) is 3.08. The highest BCUT2D eigenvalue weighted by molar-refractivity contribution is 5.83. The summed E-state index contributed by atoms with van der Waals surface area (Å²) < 4.78 is 5.40. The van der Waals surface area contributed by atoms with Crippen molar-refractivity contribution < 1.29 is 4.74 Å². The number of anilines is 2. The van der Waals surface area contributed by atoms with Gasteiger partial charge in [0.1, 0.15) is 11.6 Å². The first kappa shape index (κ1) is 17.8. The van der Waals surface area contributed by atoms with Crippen LogP contribution in [0.2, 0.25) is 0 Å². The Balaban J connectivity index is 1.44. The second-order valence-electron chi connectivity index (χ2n) is 6.48. The molecule has 4 aromatic rings. The Morgan fingerprint density at radius 1 is 0.893 bits per heavy atom. The molecule has 2 aromatic carbocycles. The Morgan fingerprint density at radius 2 is 1.82 bits per heavy atom. The third-order valence-corrected chi connectivity index (χ3v) is 4.56. The molecule has 2 aromatic heterocycles. The fraction of sp³-hybridized carbons (Fsp3) is 0.130. The van der Waals surface area contributed by atoms with E-state index in [-0.39, 0.29) is 0 Å². The van der Waals surface area contributed by atoms with Crippen LogP contribution in [0.5, 0.6) is 5.75 Å². The van der Waals surface area contributed by atoms with Gasteiger partial charge in [-0.15, -0.1) is 0 Å². The van der Waals surface area contributed by atoms with Gasteiger partial charge in [0.25, 0.3) is 0 Å². The van der Waals surface area contributed by atoms with Crippen LogP contribution in [0.15, 0.2) is 79.1 Å². The van der Waals surface area contributed by atoms with Gasteiger partial charge in [-0.25, -0.2) is 4.98 Å². The molecule has 2 heterocycles. The van der Waals surface area contributed by atoms with Crippen molar-refractivity contribution in [1.82, 2.24) is 9.97 Å². The van der Waals surface area contributed by atoms with Crippen molar-refractivity contribution in [2.24, 2.45) is 0 Å². The minimum Gasteiger partial charge on any atom is -0.496 e. The predicted molar refractivity (Wildman–Crippen MR) is 114 cm³/mol. The normalized spacial score (nSPS) is 10.6. The molecule has 140 valence electrons. The molecule has 0 amide bonds. The molecule has 4 rings (SSSR count). The summed E-state index contributed by atoms with van der Waals surface area (Å²) in [5, 5.41) is 7.90. The first-order valence-corrected chi connectivity index (χ1v) is 9.21. The van der Waals surface area contributed by atoms with E-state index in [4.69, 9.17) is 9.72 Å². The zero-order valence-corrected chi connectivity index (χ0v) is 15.7. The second-order valence-corrected chi connectivity index (χ2v) is 6.48. The smallest absolute Gasteiger partial charge is 0.126 e. The van der Waals surface area contributed by atoms with Gasteiger partial charge in [-0.2, -0.15) is 0 Å². The van der Waals surface area contributed by atoms with E-state index in [0.29, 0.717) is 6.54 Å². The van der Waals surface area contributed by atoms with E-state index in [1.807, 2.05) is 48.7 Å². The van der Waals surface area contributed by atoms with Gasteiger partial charge in [0.2, 0.25) is 0 Å². The van der Waals surface area contributed by atoms with Crippen LogP contribution < -0.4 is 15.4 Å². The molecular weight excluding hydrogens is 348 g/mol. The van der Waals surface area contributed by atoms with Crippen LogP contribution in [-0.4, -0.2) is 17.1 Å². The molecule has 0 aliphatic carbocycles. The van der Waals surface area contributed by atoms with Gasteiger partial charge in [-0.1, -0.05) is 24.3 Å². The lowest BCUT2D eigenvalue weighted by atomic mass is 10.2. The molecule has 0 unspecified atom stereocenters. The predicted octanol–water partition coefficient (Wildman–Crippen LogP) is 4.86. The first-order chi connectivity index (χ1) is 13.8. The summed E-state index contributed by atoms with van der Waals surface area (Å²) in [6.45, 7) is 1.40. The lowest BCUT2D eigenvalue weighted by molar-refractivity contribution is 0.410. The summed E-state index contributed by atoms with van der Waals surface area (Å²) >= 11 is 0. The van der Waals surface area contributed by atoms with Crippen molar-refractivity contribution in [2.45, 2.75) is 13.1 Å². The lowest BCUT2D eigenvalue weighted by Crippen LogP contribution is -2.03. The number of benzene rings is 2. The van der Waals surface area contributed by atoms with Gasteiger partial charge in [0.05, 0.1) is 12.6 Å². The Labute approximate surface area is 164 Å². The van der Waals surface area contributed by atoms with Crippen molar-refractivity contribution in [3.63, 3.8) is 0 Å². The number of pyridine rings is 2. The molecule has 0 bridgehead atoms. The summed E-state index contributed by atoms with van der Waals surface area (Å²) in [4.78, 5) is 8.86. The van der Waals surface area contributed by atoms with Crippen LogP contribution in [-0.2, 0) is 13.1 Å². The Hall–Kier alpha value is -3.60. The number of aromatic nitrogens is 2. The van der Waals surface area contributed by atoms with Gasteiger partial charge in [-0.3, -0.25) is 4.98 Å². The third-order valence-electron chi connectivity index (χ3n) is 4.56. The van der Waals surface area contributed by atoms with Crippen LogP contribution in [0.25, 0.3) is 10.9 Å². The quantitative estimate of drug-likeness (QED) is 0.486. The van der Waals surface area contributed by atoms with Crippen LogP contribution in [0.3, 0.4) is 0 Å². The summed E-state index contributed by atoms with van der Waals surface area (Å²) in [7, 11) is 1.69. The highest BCUT2D eigenvalue weighted by Crippen LogP contribution is 2.22. The number of hydrogen-bond donors (Lipinski definition) is 2.